The van der Waals surface area contributed by atoms with E-state index in [1.54, 1.807) is 24.3 Å². The lowest BCUT2D eigenvalue weighted by atomic mass is 10.2. The number of para-hydroxylation sites is 1. The molecule has 19 heavy (non-hydrogen) atoms. The standard InChI is InChI=1S/C13H8N2O4/c16-11-9-6-7-19-12(9)15(14-10(11)13(17)18)8-4-2-1-3-5-8/h1-7H,(H,17,18). The van der Waals surface area contributed by atoms with Crippen LogP contribution >= 0.6 is 0 Å². The van der Waals surface area contributed by atoms with Crippen molar-refractivity contribution in [2.45, 2.75) is 0 Å². The van der Waals surface area contributed by atoms with E-state index in [4.69, 9.17) is 9.52 Å². The topological polar surface area (TPSA) is 85.3 Å². The van der Waals surface area contributed by atoms with Gasteiger partial charge in [0, 0.05) is 0 Å². The normalized spacial score (nSPS) is 10.7. The fourth-order valence-electron chi connectivity index (χ4n) is 1.84. The van der Waals surface area contributed by atoms with E-state index in [0.29, 0.717) is 5.69 Å². The maximum atomic E-state index is 11.9. The van der Waals surface area contributed by atoms with Crippen molar-refractivity contribution in [3.8, 4) is 5.69 Å². The molecule has 1 aromatic carbocycles. The van der Waals surface area contributed by atoms with Crippen molar-refractivity contribution >= 4 is 17.1 Å². The van der Waals surface area contributed by atoms with Crippen molar-refractivity contribution in [1.29, 1.82) is 0 Å². The zero-order valence-corrected chi connectivity index (χ0v) is 9.61. The summed E-state index contributed by atoms with van der Waals surface area (Å²) in [4.78, 5) is 23.0. The average Bonchev–Trinajstić information content (AvgIpc) is 2.89. The second-order valence-electron chi connectivity index (χ2n) is 3.87. The van der Waals surface area contributed by atoms with Crippen LogP contribution in [0.15, 0.2) is 51.9 Å². The van der Waals surface area contributed by atoms with Gasteiger partial charge in [0.2, 0.25) is 16.8 Å². The lowest BCUT2D eigenvalue weighted by Gasteiger charge is -2.06. The van der Waals surface area contributed by atoms with E-state index >= 15 is 0 Å². The molecule has 0 aliphatic rings. The molecular formula is C13H8N2O4. The lowest BCUT2D eigenvalue weighted by molar-refractivity contribution is 0.0687. The minimum absolute atomic E-state index is 0.191. The third kappa shape index (κ3) is 1.70. The van der Waals surface area contributed by atoms with Crippen molar-refractivity contribution in [2.75, 3.05) is 0 Å². The van der Waals surface area contributed by atoms with Crippen molar-refractivity contribution in [3.63, 3.8) is 0 Å². The van der Waals surface area contributed by atoms with Crippen molar-refractivity contribution in [1.82, 2.24) is 9.78 Å². The summed E-state index contributed by atoms with van der Waals surface area (Å²) < 4.78 is 6.53. The number of aromatic nitrogens is 2. The molecule has 0 amide bonds. The molecular weight excluding hydrogens is 248 g/mol. The molecule has 0 unspecified atom stereocenters. The Morgan fingerprint density at radius 2 is 1.95 bits per heavy atom. The van der Waals surface area contributed by atoms with E-state index in [9.17, 15) is 9.59 Å². The Morgan fingerprint density at radius 3 is 2.63 bits per heavy atom. The molecule has 6 heteroatoms. The molecule has 94 valence electrons. The van der Waals surface area contributed by atoms with Gasteiger partial charge in [0.1, 0.15) is 0 Å². The van der Waals surface area contributed by atoms with Crippen molar-refractivity contribution in [3.05, 3.63) is 58.6 Å². The number of carbonyl (C=O) groups is 1. The number of furan rings is 1. The van der Waals surface area contributed by atoms with Crippen molar-refractivity contribution < 1.29 is 14.3 Å². The third-order valence-electron chi connectivity index (χ3n) is 2.70. The first-order valence-electron chi connectivity index (χ1n) is 5.48. The highest BCUT2D eigenvalue weighted by Gasteiger charge is 2.18. The van der Waals surface area contributed by atoms with Crippen LogP contribution in [0.25, 0.3) is 16.8 Å². The van der Waals surface area contributed by atoms with Crippen LogP contribution < -0.4 is 5.43 Å². The molecule has 2 aromatic heterocycles. The van der Waals surface area contributed by atoms with Crippen LogP contribution in [-0.2, 0) is 0 Å². The second-order valence-corrected chi connectivity index (χ2v) is 3.87. The molecule has 0 aliphatic heterocycles. The van der Waals surface area contributed by atoms with Crippen LogP contribution in [0.4, 0.5) is 0 Å². The van der Waals surface area contributed by atoms with Crippen LogP contribution in [0, 0.1) is 0 Å². The van der Waals surface area contributed by atoms with Crippen LogP contribution in [0.3, 0.4) is 0 Å². The quantitative estimate of drug-likeness (QED) is 0.753. The molecule has 0 spiro atoms. The summed E-state index contributed by atoms with van der Waals surface area (Å²) in [5, 5.41) is 13.1. The van der Waals surface area contributed by atoms with E-state index in [1.807, 2.05) is 6.07 Å². The Morgan fingerprint density at radius 1 is 1.21 bits per heavy atom. The van der Waals surface area contributed by atoms with E-state index in [-0.39, 0.29) is 11.1 Å². The second kappa shape index (κ2) is 4.09. The van der Waals surface area contributed by atoms with E-state index in [2.05, 4.69) is 5.10 Å². The Bertz CT molecular complexity index is 818. The summed E-state index contributed by atoms with van der Waals surface area (Å²) in [6, 6.07) is 10.3. The first-order valence-corrected chi connectivity index (χ1v) is 5.48. The Hall–Kier alpha value is -2.89. The zero-order valence-electron chi connectivity index (χ0n) is 9.61. The number of rotatable bonds is 2. The maximum Gasteiger partial charge on any atom is 0.360 e. The van der Waals surface area contributed by atoms with Crippen LogP contribution in [-0.4, -0.2) is 20.9 Å². The number of carboxylic acid groups (broad SMARTS) is 1. The lowest BCUT2D eigenvalue weighted by Crippen LogP contribution is -2.21. The largest absolute Gasteiger partial charge is 0.476 e. The van der Waals surface area contributed by atoms with E-state index < -0.39 is 17.1 Å². The summed E-state index contributed by atoms with van der Waals surface area (Å²) in [5.74, 6) is -1.36. The highest BCUT2D eigenvalue weighted by molar-refractivity contribution is 5.89. The predicted molar refractivity (Wildman–Crippen MR) is 66.6 cm³/mol. The number of fused-ring (bicyclic) bond motifs is 1. The SMILES string of the molecule is O=C(O)c1nn(-c2ccccc2)c2occc2c1=O. The number of benzene rings is 1. The zero-order chi connectivity index (χ0) is 13.4. The monoisotopic (exact) mass is 256 g/mol. The molecule has 0 radical (unpaired) electrons. The number of nitrogens with zero attached hydrogens (tertiary/aromatic N) is 2. The minimum atomic E-state index is -1.36. The molecule has 1 N–H and O–H groups in total. The van der Waals surface area contributed by atoms with Gasteiger partial charge in [0.25, 0.3) is 0 Å². The van der Waals surface area contributed by atoms with E-state index in [1.165, 1.54) is 17.0 Å². The number of hydrogen-bond acceptors (Lipinski definition) is 4. The smallest absolute Gasteiger partial charge is 0.360 e. The van der Waals surface area contributed by atoms with Gasteiger partial charge in [0.05, 0.1) is 17.3 Å². The van der Waals surface area contributed by atoms with Gasteiger partial charge >= 0.3 is 5.97 Å². The molecule has 0 bridgehead atoms. The predicted octanol–water partition coefficient (Wildman–Crippen LogP) is 1.68. The number of carboxylic acids is 1. The molecule has 0 aliphatic carbocycles. The van der Waals surface area contributed by atoms with Gasteiger partial charge in [-0.05, 0) is 18.2 Å². The fourth-order valence-corrected chi connectivity index (χ4v) is 1.84. The molecule has 0 fully saturated rings. The Balaban J connectivity index is 2.42. The van der Waals surface area contributed by atoms with E-state index in [0.717, 1.165) is 0 Å². The van der Waals surface area contributed by atoms with Crippen LogP contribution in [0.5, 0.6) is 0 Å². The summed E-state index contributed by atoms with van der Waals surface area (Å²) in [6.45, 7) is 0. The summed E-state index contributed by atoms with van der Waals surface area (Å²) >= 11 is 0. The van der Waals surface area contributed by atoms with Gasteiger partial charge in [0.15, 0.2) is 0 Å². The Labute approximate surface area is 106 Å². The highest BCUT2D eigenvalue weighted by atomic mass is 16.4. The maximum absolute atomic E-state index is 11.9. The first kappa shape index (κ1) is 11.2. The Kier molecular flexibility index (Phi) is 2.42. The number of aromatic carboxylic acids is 1. The molecule has 0 saturated heterocycles. The summed E-state index contributed by atoms with van der Waals surface area (Å²) in [6.07, 6.45) is 1.33. The van der Waals surface area contributed by atoms with Gasteiger partial charge < -0.3 is 9.52 Å². The molecule has 0 atom stereocenters. The average molecular weight is 256 g/mol. The molecule has 2 heterocycles. The fraction of sp³-hybridized carbons (Fsp3) is 0. The molecule has 0 saturated carbocycles. The third-order valence-corrected chi connectivity index (χ3v) is 2.70. The minimum Gasteiger partial charge on any atom is -0.476 e. The van der Waals surface area contributed by atoms with Crippen LogP contribution in [0.2, 0.25) is 0 Å². The summed E-state index contributed by atoms with van der Waals surface area (Å²) in [7, 11) is 0. The van der Waals surface area contributed by atoms with Gasteiger partial charge in [-0.15, -0.1) is 0 Å². The van der Waals surface area contributed by atoms with Gasteiger partial charge in [-0.2, -0.15) is 9.78 Å². The van der Waals surface area contributed by atoms with Gasteiger partial charge in [-0.25, -0.2) is 4.79 Å². The highest BCUT2D eigenvalue weighted by Crippen LogP contribution is 2.16. The van der Waals surface area contributed by atoms with Crippen molar-refractivity contribution in [2.24, 2.45) is 0 Å². The summed E-state index contributed by atoms with van der Waals surface area (Å²) in [5.41, 5.74) is -0.340. The molecule has 6 nitrogen and oxygen atoms in total. The van der Waals surface area contributed by atoms with Gasteiger partial charge in [-0.3, -0.25) is 4.79 Å². The number of hydrogen-bond donors (Lipinski definition) is 1. The van der Waals surface area contributed by atoms with Crippen LogP contribution in [0.1, 0.15) is 10.5 Å². The molecule has 3 rings (SSSR count). The molecule has 3 aromatic rings. The van der Waals surface area contributed by atoms with Gasteiger partial charge in [-0.1, -0.05) is 18.2 Å². The first-order chi connectivity index (χ1) is 9.18.